The first-order valence-electron chi connectivity index (χ1n) is 12.0. The lowest BCUT2D eigenvalue weighted by atomic mass is 10.1. The van der Waals surface area contributed by atoms with Gasteiger partial charge in [0.1, 0.15) is 12.1 Å². The number of pyridine rings is 1. The minimum atomic E-state index is -0.272. The summed E-state index contributed by atoms with van der Waals surface area (Å²) in [5, 5.41) is 20.6. The summed E-state index contributed by atoms with van der Waals surface area (Å²) in [6.45, 7) is 6.13. The van der Waals surface area contributed by atoms with Crippen molar-refractivity contribution in [1.82, 2.24) is 30.5 Å². The Morgan fingerprint density at radius 1 is 1.08 bits per heavy atom. The van der Waals surface area contributed by atoms with Gasteiger partial charge in [-0.3, -0.25) is 9.99 Å². The summed E-state index contributed by atoms with van der Waals surface area (Å²) in [6, 6.07) is 11.7. The van der Waals surface area contributed by atoms with Gasteiger partial charge in [0.15, 0.2) is 0 Å². The van der Waals surface area contributed by atoms with E-state index in [1.807, 2.05) is 66.3 Å². The smallest absolute Gasteiger partial charge is 0.111 e. The number of imidazole rings is 1. The van der Waals surface area contributed by atoms with Crippen LogP contribution >= 0.6 is 23.2 Å². The molecule has 9 nitrogen and oxygen atoms in total. The van der Waals surface area contributed by atoms with Crippen molar-refractivity contribution in [3.63, 3.8) is 0 Å². The second-order valence-corrected chi connectivity index (χ2v) is 10.2. The van der Waals surface area contributed by atoms with Crippen molar-refractivity contribution >= 4 is 51.2 Å². The molecule has 0 fully saturated rings. The van der Waals surface area contributed by atoms with Crippen molar-refractivity contribution in [3.8, 4) is 6.07 Å². The Hall–Kier alpha value is -3.97. The standard InChI is InChI=1S/C27H27Cl2N9/c1-15(2)38-13-23(35-36-38)27(24-12-31-14-37(24)4)34-19-7-20-25(33-18-6-5-16(3)21(28)8-18)17(10-30)11-32-26(20)22(29)9-19/h5-9,11-15,27,34-36H,1-4H3,(H,32,33)/t27-/m1/s1. The van der Waals surface area contributed by atoms with Crippen molar-refractivity contribution in [1.29, 1.82) is 5.26 Å². The van der Waals surface area contributed by atoms with E-state index in [9.17, 15) is 5.26 Å². The van der Waals surface area contributed by atoms with Crippen molar-refractivity contribution in [2.45, 2.75) is 32.9 Å². The summed E-state index contributed by atoms with van der Waals surface area (Å²) in [7, 11) is 1.95. The fourth-order valence-corrected chi connectivity index (χ4v) is 4.72. The minimum Gasteiger partial charge on any atom is -0.371 e. The molecule has 4 N–H and O–H groups in total. The van der Waals surface area contributed by atoms with Gasteiger partial charge in [-0.05, 0) is 50.6 Å². The van der Waals surface area contributed by atoms with Gasteiger partial charge in [-0.15, -0.1) is 5.53 Å². The molecule has 1 aliphatic heterocycles. The Morgan fingerprint density at radius 2 is 1.87 bits per heavy atom. The van der Waals surface area contributed by atoms with E-state index in [0.29, 0.717) is 32.2 Å². The Kier molecular flexibility index (Phi) is 7.04. The average molecular weight is 548 g/mol. The minimum absolute atomic E-state index is 0.252. The van der Waals surface area contributed by atoms with E-state index in [1.165, 1.54) is 6.20 Å². The largest absolute Gasteiger partial charge is 0.371 e. The summed E-state index contributed by atoms with van der Waals surface area (Å²) >= 11 is 13.1. The van der Waals surface area contributed by atoms with Crippen LogP contribution in [0.1, 0.15) is 36.7 Å². The zero-order valence-electron chi connectivity index (χ0n) is 21.3. The highest BCUT2D eigenvalue weighted by molar-refractivity contribution is 6.36. The Morgan fingerprint density at radius 3 is 2.53 bits per heavy atom. The predicted octanol–water partition coefficient (Wildman–Crippen LogP) is 5.93. The molecule has 5 rings (SSSR count). The number of aryl methyl sites for hydroxylation is 2. The van der Waals surface area contributed by atoms with E-state index < -0.39 is 0 Å². The number of rotatable bonds is 7. The molecular formula is C27H27Cl2N9. The predicted molar refractivity (Wildman–Crippen MR) is 152 cm³/mol. The third-order valence-electron chi connectivity index (χ3n) is 6.42. The molecule has 11 heteroatoms. The molecule has 0 saturated heterocycles. The molecule has 1 atom stereocenters. The van der Waals surface area contributed by atoms with Crippen LogP contribution in [0.5, 0.6) is 0 Å². The first-order valence-corrected chi connectivity index (χ1v) is 12.8. The lowest BCUT2D eigenvalue weighted by molar-refractivity contribution is 0.220. The van der Waals surface area contributed by atoms with Crippen LogP contribution in [0.25, 0.3) is 10.9 Å². The zero-order chi connectivity index (χ0) is 27.0. The normalized spacial score (nSPS) is 13.8. The van der Waals surface area contributed by atoms with Crippen LogP contribution in [0.4, 0.5) is 17.1 Å². The zero-order valence-corrected chi connectivity index (χ0v) is 22.9. The highest BCUT2D eigenvalue weighted by Gasteiger charge is 2.26. The second kappa shape index (κ2) is 10.4. The number of nitriles is 1. The summed E-state index contributed by atoms with van der Waals surface area (Å²) in [5.74, 6) is 0. The number of anilines is 3. The van der Waals surface area contributed by atoms with Gasteiger partial charge in [-0.2, -0.15) is 5.26 Å². The van der Waals surface area contributed by atoms with Gasteiger partial charge in [0.2, 0.25) is 0 Å². The summed E-state index contributed by atoms with van der Waals surface area (Å²) in [4.78, 5) is 8.79. The number of hydrogen-bond donors (Lipinski definition) is 4. The molecule has 0 aliphatic carbocycles. The average Bonchev–Trinajstić information content (AvgIpc) is 3.55. The molecule has 2 aromatic carbocycles. The van der Waals surface area contributed by atoms with Gasteiger partial charge in [0.25, 0.3) is 0 Å². The Bertz CT molecular complexity index is 1590. The number of nitrogens with one attached hydrogen (secondary N) is 4. The maximum Gasteiger partial charge on any atom is 0.111 e. The van der Waals surface area contributed by atoms with E-state index in [-0.39, 0.29) is 12.1 Å². The topological polar surface area (TPSA) is 106 Å². The van der Waals surface area contributed by atoms with E-state index in [4.69, 9.17) is 23.2 Å². The van der Waals surface area contributed by atoms with Crippen molar-refractivity contribution in [2.24, 2.45) is 7.05 Å². The molecule has 0 radical (unpaired) electrons. The van der Waals surface area contributed by atoms with Crippen LogP contribution in [0, 0.1) is 18.3 Å². The highest BCUT2D eigenvalue weighted by Crippen LogP contribution is 2.37. The van der Waals surface area contributed by atoms with Gasteiger partial charge in [-0.1, -0.05) is 29.3 Å². The fraction of sp³-hybridized carbons (Fsp3) is 0.222. The van der Waals surface area contributed by atoms with Gasteiger partial charge >= 0.3 is 0 Å². The lowest BCUT2D eigenvalue weighted by Gasteiger charge is -2.22. The molecule has 3 heterocycles. The number of hydrogen-bond acceptors (Lipinski definition) is 8. The third-order valence-corrected chi connectivity index (χ3v) is 7.12. The lowest BCUT2D eigenvalue weighted by Crippen LogP contribution is -2.41. The summed E-state index contributed by atoms with van der Waals surface area (Å²) in [5.41, 5.74) is 12.4. The van der Waals surface area contributed by atoms with Crippen LogP contribution in [0.3, 0.4) is 0 Å². The van der Waals surface area contributed by atoms with E-state index in [2.05, 4.69) is 51.5 Å². The number of fused-ring (bicyclic) bond motifs is 1. The summed E-state index contributed by atoms with van der Waals surface area (Å²) < 4.78 is 1.96. The van der Waals surface area contributed by atoms with Crippen LogP contribution in [0.2, 0.25) is 10.0 Å². The van der Waals surface area contributed by atoms with E-state index in [0.717, 1.165) is 28.3 Å². The maximum absolute atomic E-state index is 9.87. The number of aromatic nitrogens is 3. The summed E-state index contributed by atoms with van der Waals surface area (Å²) in [6.07, 6.45) is 7.14. The number of benzene rings is 2. The molecule has 0 spiro atoms. The number of hydrazine groups is 2. The molecule has 0 saturated carbocycles. The van der Waals surface area contributed by atoms with Gasteiger partial charge < -0.3 is 20.6 Å². The van der Waals surface area contributed by atoms with E-state index >= 15 is 0 Å². The van der Waals surface area contributed by atoms with Crippen LogP contribution in [0.15, 0.2) is 60.9 Å². The molecule has 38 heavy (non-hydrogen) atoms. The maximum atomic E-state index is 9.87. The third kappa shape index (κ3) is 4.94. The SMILES string of the molecule is Cc1ccc(Nc2c(C#N)cnc3c(Cl)cc(N[C@H](C4=CN(C(C)C)NN4)c4cncn4C)cc23)cc1Cl. The number of halogens is 2. The molecule has 0 unspecified atom stereocenters. The first-order chi connectivity index (χ1) is 18.2. The monoisotopic (exact) mass is 547 g/mol. The van der Waals surface area contributed by atoms with Crippen LogP contribution in [-0.2, 0) is 7.05 Å². The molecule has 1 aliphatic rings. The fourth-order valence-electron chi connectivity index (χ4n) is 4.27. The Balaban J connectivity index is 1.59. The molecule has 4 aromatic rings. The Labute approximate surface area is 231 Å². The molecule has 2 aromatic heterocycles. The van der Waals surface area contributed by atoms with Gasteiger partial charge in [-0.25, -0.2) is 4.98 Å². The first kappa shape index (κ1) is 25.7. The molecule has 0 amide bonds. The van der Waals surface area contributed by atoms with Crippen molar-refractivity contribution in [2.75, 3.05) is 10.6 Å². The van der Waals surface area contributed by atoms with Crippen LogP contribution < -0.4 is 21.6 Å². The molecule has 194 valence electrons. The van der Waals surface area contributed by atoms with E-state index in [1.54, 1.807) is 6.33 Å². The van der Waals surface area contributed by atoms with Gasteiger partial charge in [0, 0.05) is 47.3 Å². The van der Waals surface area contributed by atoms with Gasteiger partial charge in [0.05, 0.1) is 45.7 Å². The quantitative estimate of drug-likeness (QED) is 0.225. The molecule has 0 bridgehead atoms. The second-order valence-electron chi connectivity index (χ2n) is 9.43. The number of nitrogens with zero attached hydrogens (tertiary/aromatic N) is 5. The van der Waals surface area contributed by atoms with Crippen molar-refractivity contribution in [3.05, 3.63) is 87.8 Å². The van der Waals surface area contributed by atoms with Crippen molar-refractivity contribution < 1.29 is 0 Å². The van der Waals surface area contributed by atoms with Crippen LogP contribution in [-0.4, -0.2) is 25.6 Å². The highest BCUT2D eigenvalue weighted by atomic mass is 35.5. The molecular weight excluding hydrogens is 521 g/mol.